The van der Waals surface area contributed by atoms with Crippen molar-refractivity contribution in [3.63, 3.8) is 0 Å². The third kappa shape index (κ3) is 47.3. The summed E-state index contributed by atoms with van der Waals surface area (Å²) in [6.45, 7) is 2.64. The molecule has 0 bridgehead atoms. The molecule has 0 aromatic rings. The van der Waals surface area contributed by atoms with Crippen molar-refractivity contribution in [3.05, 3.63) is 0 Å². The van der Waals surface area contributed by atoms with E-state index in [0.717, 1.165) is 0 Å². The van der Waals surface area contributed by atoms with Crippen LogP contribution in [0, 0.1) is 0 Å². The fourth-order valence-corrected chi connectivity index (χ4v) is 0. The smallest absolute Gasteiger partial charge is 0.688 e. The minimum absolute atomic E-state index is 0. The van der Waals surface area contributed by atoms with Crippen molar-refractivity contribution in [2.24, 2.45) is 0 Å². The molecule has 0 aliphatic rings. The normalized spacial score (nSPS) is 9.60. The van der Waals surface area contributed by atoms with Gasteiger partial charge in [-0.3, -0.25) is 0 Å². The van der Waals surface area contributed by atoms with Crippen LogP contribution in [0.3, 0.4) is 0 Å². The van der Waals surface area contributed by atoms with Crippen molar-refractivity contribution in [1.82, 2.24) is 0 Å². The van der Waals surface area contributed by atoms with Gasteiger partial charge >= 0.3 is 69.2 Å². The molecule has 0 radical (unpaired) electrons. The Morgan fingerprint density at radius 2 is 0.667 bits per heavy atom. The van der Waals surface area contributed by atoms with E-state index in [0.29, 0.717) is 0 Å². The second-order valence-electron chi connectivity index (χ2n) is 1.85. The van der Waals surface area contributed by atoms with Gasteiger partial charge in [0.05, 0.1) is 0 Å². The second-order valence-corrected chi connectivity index (χ2v) is 5.56. The van der Waals surface area contributed by atoms with E-state index in [9.17, 15) is 29.4 Å². The van der Waals surface area contributed by atoms with E-state index in [1.54, 1.807) is 0 Å². The van der Waals surface area contributed by atoms with E-state index in [1.807, 2.05) is 0 Å². The van der Waals surface area contributed by atoms with Gasteiger partial charge in [-0.05, 0) is 13.8 Å². The molecule has 0 saturated heterocycles. The van der Waals surface area contributed by atoms with Gasteiger partial charge in [0.2, 0.25) is 0 Å². The average molecular weight is 289 g/mol. The van der Waals surface area contributed by atoms with E-state index >= 15 is 0 Å². The average Bonchev–Trinajstić information content (AvgIpc) is 1.86. The van der Waals surface area contributed by atoms with Crippen molar-refractivity contribution in [1.29, 1.82) is 0 Å². The molecular formula is C4H10Mg3O6P2+2. The largest absolute Gasteiger partial charge is 2.00 e. The molecule has 11 heteroatoms. The van der Waals surface area contributed by atoms with Crippen molar-refractivity contribution in [2.45, 2.75) is 13.8 Å². The maximum absolute atomic E-state index is 9.47. The Hall–Kier alpha value is 2.92. The summed E-state index contributed by atoms with van der Waals surface area (Å²) in [5.74, 6) is 0. The monoisotopic (exact) mass is 288 g/mol. The minimum Gasteiger partial charge on any atom is -0.688 e. The molecule has 0 aromatic heterocycles. The fourth-order valence-electron chi connectivity index (χ4n) is 0. The summed E-state index contributed by atoms with van der Waals surface area (Å²) < 4.78 is 0. The molecule has 0 aromatic carbocycles. The fraction of sp³-hybridized carbons (Fsp3) is 1.00. The summed E-state index contributed by atoms with van der Waals surface area (Å²) in [6, 6.07) is 0. The summed E-state index contributed by atoms with van der Waals surface area (Å²) in [5, 5.41) is 0. The Labute approximate surface area is 139 Å². The maximum Gasteiger partial charge on any atom is 2.00 e. The number of rotatable bonds is 2. The topological polar surface area (TPSA) is 138 Å². The molecule has 0 unspecified atom stereocenters. The minimum atomic E-state index is -4.15. The van der Waals surface area contributed by atoms with Gasteiger partial charge in [0.15, 0.2) is 0 Å². The van der Waals surface area contributed by atoms with Crippen LogP contribution >= 0.6 is 15.9 Å². The van der Waals surface area contributed by atoms with Gasteiger partial charge in [-0.15, -0.1) is 0 Å². The molecule has 0 heterocycles. The van der Waals surface area contributed by atoms with Gasteiger partial charge in [-0.2, -0.15) is 15.9 Å². The first-order chi connectivity index (χ1) is 5.12. The zero-order valence-corrected chi connectivity index (χ0v) is 14.9. The third-order valence-electron chi connectivity index (χ3n) is 0.775. The Morgan fingerprint density at radius 3 is 0.667 bits per heavy atom. The van der Waals surface area contributed by atoms with Crippen LogP contribution in [0.15, 0.2) is 0 Å². The molecule has 15 heavy (non-hydrogen) atoms. The SMILES string of the molecule is CC[P+]([O-])([O-])[O-].CC[P+]([O-])([O-])[O-].[Mg+2].[Mg+2].[Mg+2]. The third-order valence-corrected chi connectivity index (χ3v) is 2.32. The molecule has 0 amide bonds. The van der Waals surface area contributed by atoms with E-state index in [2.05, 4.69) is 0 Å². The van der Waals surface area contributed by atoms with Gasteiger partial charge < -0.3 is 29.4 Å². The summed E-state index contributed by atoms with van der Waals surface area (Å²) in [4.78, 5) is 56.8. The molecule has 76 valence electrons. The van der Waals surface area contributed by atoms with Gasteiger partial charge in [0, 0.05) is 12.3 Å². The van der Waals surface area contributed by atoms with Gasteiger partial charge in [-0.1, -0.05) is 0 Å². The van der Waals surface area contributed by atoms with Crippen LogP contribution in [-0.2, 0) is 0 Å². The van der Waals surface area contributed by atoms with Crippen LogP contribution in [0.2, 0.25) is 0 Å². The molecular weight excluding hydrogens is 279 g/mol. The Balaban J connectivity index is -0.0000000370. The van der Waals surface area contributed by atoms with Gasteiger partial charge in [0.25, 0.3) is 0 Å². The van der Waals surface area contributed by atoms with Crippen molar-refractivity contribution >= 4 is 85.0 Å². The Morgan fingerprint density at radius 1 is 0.600 bits per heavy atom. The van der Waals surface area contributed by atoms with Crippen LogP contribution in [0.5, 0.6) is 0 Å². The Kier molecular flexibility index (Phi) is 30.7. The van der Waals surface area contributed by atoms with Crippen LogP contribution < -0.4 is 29.4 Å². The molecule has 6 nitrogen and oxygen atoms in total. The standard InChI is InChI=1S/2C2H7O3P.3Mg/c2*1-2-6(3,4)5;;;/h2*2H2,1H3,(H2,3,4,5);;;/q;;3*+2/p-4. The molecule has 0 aliphatic heterocycles. The van der Waals surface area contributed by atoms with E-state index in [1.165, 1.54) is 13.8 Å². The van der Waals surface area contributed by atoms with Crippen molar-refractivity contribution < 1.29 is 29.4 Å². The van der Waals surface area contributed by atoms with Gasteiger partial charge in [0.1, 0.15) is 0 Å². The van der Waals surface area contributed by atoms with Crippen LogP contribution in [0.4, 0.5) is 0 Å². The number of hydrogen-bond acceptors (Lipinski definition) is 6. The quantitative estimate of drug-likeness (QED) is 0.367. The van der Waals surface area contributed by atoms with Crippen LogP contribution in [0.25, 0.3) is 0 Å². The van der Waals surface area contributed by atoms with E-state index in [-0.39, 0.29) is 81.5 Å². The molecule has 0 fully saturated rings. The molecule has 0 saturated carbocycles. The van der Waals surface area contributed by atoms with E-state index in [4.69, 9.17) is 0 Å². The number of hydrogen-bond donors (Lipinski definition) is 0. The summed E-state index contributed by atoms with van der Waals surface area (Å²) >= 11 is 0. The molecule has 0 aliphatic carbocycles. The zero-order valence-electron chi connectivity index (χ0n) is 8.88. The molecule has 0 N–H and O–H groups in total. The Bertz CT molecular complexity index is 102. The summed E-state index contributed by atoms with van der Waals surface area (Å²) in [7, 11) is -8.29. The van der Waals surface area contributed by atoms with Crippen molar-refractivity contribution in [2.75, 3.05) is 12.3 Å². The molecule has 0 spiro atoms. The van der Waals surface area contributed by atoms with Crippen LogP contribution in [-0.4, -0.2) is 81.5 Å². The van der Waals surface area contributed by atoms with Crippen molar-refractivity contribution in [3.8, 4) is 0 Å². The summed E-state index contributed by atoms with van der Waals surface area (Å²) in [5.41, 5.74) is 0. The predicted molar refractivity (Wildman–Crippen MR) is 52.2 cm³/mol. The van der Waals surface area contributed by atoms with Gasteiger partial charge in [-0.25, -0.2) is 0 Å². The maximum atomic E-state index is 9.47. The predicted octanol–water partition coefficient (Wildman–Crippen LogP) is -5.44. The first-order valence-corrected chi connectivity index (χ1v) is 6.60. The first-order valence-electron chi connectivity index (χ1n) is 3.14. The second kappa shape index (κ2) is 15.0. The van der Waals surface area contributed by atoms with Crippen LogP contribution in [0.1, 0.15) is 13.8 Å². The molecule has 0 rings (SSSR count). The molecule has 0 atom stereocenters. The van der Waals surface area contributed by atoms with E-state index < -0.39 is 15.9 Å². The summed E-state index contributed by atoms with van der Waals surface area (Å²) in [6.07, 6.45) is -0.569. The first kappa shape index (κ1) is 30.7. The zero-order chi connectivity index (χ0) is 10.4.